The van der Waals surface area contributed by atoms with Crippen molar-refractivity contribution in [2.75, 3.05) is 6.61 Å². The molecule has 1 aliphatic heterocycles. The normalized spacial score (nSPS) is 18.0. The maximum atomic E-state index is 8.86. The number of ether oxygens (including phenoxy) is 2. The van der Waals surface area contributed by atoms with Gasteiger partial charge in [-0.1, -0.05) is 30.3 Å². The van der Waals surface area contributed by atoms with Gasteiger partial charge in [-0.15, -0.1) is 0 Å². The second kappa shape index (κ2) is 6.93. The van der Waals surface area contributed by atoms with Crippen LogP contribution < -0.4 is 4.74 Å². The van der Waals surface area contributed by atoms with E-state index in [1.54, 1.807) is 12.1 Å². The van der Waals surface area contributed by atoms with E-state index in [9.17, 15) is 0 Å². The Bertz CT molecular complexity index is 678. The second-order valence-electron chi connectivity index (χ2n) is 5.19. The standard InChI is InChI=1S/C19H17NO2/c20-14-15-8-10-17(11-9-15)22-19(13-18-7-4-12-21-18)16-5-2-1-3-6-16/h1-3,5-6,8-11,13,18H,4,7,12H2/b19-13-/t18-/m0/s1. The van der Waals surface area contributed by atoms with E-state index >= 15 is 0 Å². The molecule has 0 unspecified atom stereocenters. The molecule has 0 amide bonds. The summed E-state index contributed by atoms with van der Waals surface area (Å²) in [6.45, 7) is 0.806. The minimum Gasteiger partial charge on any atom is -0.457 e. The SMILES string of the molecule is N#Cc1ccc(O/C(=C\[C@@H]2CCCO2)c2ccccc2)cc1. The minimum absolute atomic E-state index is 0.105. The molecule has 2 aromatic carbocycles. The number of nitriles is 1. The van der Waals surface area contributed by atoms with Crippen molar-refractivity contribution in [2.45, 2.75) is 18.9 Å². The van der Waals surface area contributed by atoms with Crippen molar-refractivity contribution in [2.24, 2.45) is 0 Å². The summed E-state index contributed by atoms with van der Waals surface area (Å²) in [4.78, 5) is 0. The van der Waals surface area contributed by atoms with Crippen LogP contribution in [0.15, 0.2) is 60.7 Å². The minimum atomic E-state index is 0.105. The molecule has 3 heteroatoms. The van der Waals surface area contributed by atoms with Crippen molar-refractivity contribution in [3.63, 3.8) is 0 Å². The molecule has 0 aliphatic carbocycles. The highest BCUT2D eigenvalue weighted by atomic mass is 16.5. The average molecular weight is 291 g/mol. The zero-order valence-electron chi connectivity index (χ0n) is 12.2. The summed E-state index contributed by atoms with van der Waals surface area (Å²) in [6, 6.07) is 19.2. The highest BCUT2D eigenvalue weighted by Gasteiger charge is 2.15. The van der Waals surface area contributed by atoms with Crippen LogP contribution in [0.3, 0.4) is 0 Å². The van der Waals surface area contributed by atoms with E-state index in [0.29, 0.717) is 11.3 Å². The van der Waals surface area contributed by atoms with Gasteiger partial charge in [0, 0.05) is 12.2 Å². The first-order valence-electron chi connectivity index (χ1n) is 7.42. The van der Waals surface area contributed by atoms with Crippen molar-refractivity contribution in [3.8, 4) is 11.8 Å². The van der Waals surface area contributed by atoms with Crippen LogP contribution in [0.2, 0.25) is 0 Å². The topological polar surface area (TPSA) is 42.2 Å². The molecule has 3 nitrogen and oxygen atoms in total. The molecule has 1 heterocycles. The van der Waals surface area contributed by atoms with Gasteiger partial charge in [0.2, 0.25) is 0 Å². The molecule has 22 heavy (non-hydrogen) atoms. The fraction of sp³-hybridized carbons (Fsp3) is 0.211. The molecule has 0 aromatic heterocycles. The van der Waals surface area contributed by atoms with Crippen LogP contribution in [0, 0.1) is 11.3 Å². The molecule has 0 spiro atoms. The summed E-state index contributed by atoms with van der Waals surface area (Å²) >= 11 is 0. The highest BCUT2D eigenvalue weighted by Crippen LogP contribution is 2.24. The molecule has 1 aliphatic rings. The number of hydrogen-bond acceptors (Lipinski definition) is 3. The van der Waals surface area contributed by atoms with Crippen LogP contribution in [-0.4, -0.2) is 12.7 Å². The summed E-state index contributed by atoms with van der Waals surface area (Å²) in [6.07, 6.45) is 4.25. The van der Waals surface area contributed by atoms with Crippen molar-refractivity contribution < 1.29 is 9.47 Å². The predicted molar refractivity (Wildman–Crippen MR) is 85.2 cm³/mol. The van der Waals surface area contributed by atoms with E-state index in [-0.39, 0.29) is 6.10 Å². The number of nitrogens with zero attached hydrogens (tertiary/aromatic N) is 1. The van der Waals surface area contributed by atoms with Crippen LogP contribution in [0.5, 0.6) is 5.75 Å². The summed E-state index contributed by atoms with van der Waals surface area (Å²) in [5.74, 6) is 1.50. The Morgan fingerprint density at radius 1 is 1.14 bits per heavy atom. The Morgan fingerprint density at radius 3 is 2.55 bits per heavy atom. The molecule has 2 aromatic rings. The molecule has 110 valence electrons. The number of hydrogen-bond donors (Lipinski definition) is 0. The van der Waals surface area contributed by atoms with Gasteiger partial charge in [0.05, 0.1) is 17.7 Å². The third-order valence-electron chi connectivity index (χ3n) is 3.57. The van der Waals surface area contributed by atoms with E-state index in [1.807, 2.05) is 48.5 Å². The molecular formula is C19H17NO2. The Morgan fingerprint density at radius 2 is 1.91 bits per heavy atom. The van der Waals surface area contributed by atoms with Gasteiger partial charge in [0.15, 0.2) is 0 Å². The zero-order valence-corrected chi connectivity index (χ0v) is 12.2. The lowest BCUT2D eigenvalue weighted by Gasteiger charge is -2.13. The first kappa shape index (κ1) is 14.4. The summed E-state index contributed by atoms with van der Waals surface area (Å²) < 4.78 is 11.7. The molecule has 1 fully saturated rings. The summed E-state index contributed by atoms with van der Waals surface area (Å²) in [5.41, 5.74) is 1.64. The lowest BCUT2D eigenvalue weighted by atomic mass is 10.1. The van der Waals surface area contributed by atoms with Gasteiger partial charge >= 0.3 is 0 Å². The quantitative estimate of drug-likeness (QED) is 0.794. The Kier molecular flexibility index (Phi) is 4.53. The Balaban J connectivity index is 1.86. The van der Waals surface area contributed by atoms with Gasteiger partial charge in [-0.25, -0.2) is 0 Å². The van der Waals surface area contributed by atoms with E-state index in [0.717, 1.165) is 30.8 Å². The van der Waals surface area contributed by atoms with Gasteiger partial charge in [0.1, 0.15) is 11.5 Å². The molecule has 0 bridgehead atoms. The van der Waals surface area contributed by atoms with Crippen LogP contribution in [0.25, 0.3) is 5.76 Å². The largest absolute Gasteiger partial charge is 0.457 e. The van der Waals surface area contributed by atoms with Crippen molar-refractivity contribution in [1.29, 1.82) is 5.26 Å². The Labute approximate surface area is 130 Å². The molecule has 0 radical (unpaired) electrons. The molecule has 1 atom stereocenters. The van der Waals surface area contributed by atoms with Gasteiger partial charge in [-0.3, -0.25) is 0 Å². The molecule has 3 rings (SSSR count). The smallest absolute Gasteiger partial charge is 0.133 e. The first-order chi connectivity index (χ1) is 10.8. The van der Waals surface area contributed by atoms with Gasteiger partial charge < -0.3 is 9.47 Å². The maximum Gasteiger partial charge on any atom is 0.133 e. The van der Waals surface area contributed by atoms with Gasteiger partial charge in [0.25, 0.3) is 0 Å². The molecular weight excluding hydrogens is 274 g/mol. The van der Waals surface area contributed by atoms with E-state index in [4.69, 9.17) is 14.7 Å². The van der Waals surface area contributed by atoms with Crippen molar-refractivity contribution >= 4 is 5.76 Å². The number of rotatable bonds is 4. The predicted octanol–water partition coefficient (Wildman–Crippen LogP) is 4.16. The van der Waals surface area contributed by atoms with E-state index in [2.05, 4.69) is 6.07 Å². The summed E-state index contributed by atoms with van der Waals surface area (Å²) in [5, 5.41) is 8.86. The fourth-order valence-electron chi connectivity index (χ4n) is 2.42. The molecule has 0 N–H and O–H groups in total. The van der Waals surface area contributed by atoms with Gasteiger partial charge in [-0.2, -0.15) is 5.26 Å². The maximum absolute atomic E-state index is 8.86. The van der Waals surface area contributed by atoms with Crippen molar-refractivity contribution in [1.82, 2.24) is 0 Å². The van der Waals surface area contributed by atoms with E-state index in [1.165, 1.54) is 0 Å². The van der Waals surface area contributed by atoms with Gasteiger partial charge in [-0.05, 0) is 43.2 Å². The average Bonchev–Trinajstić information content (AvgIpc) is 3.09. The fourth-order valence-corrected chi connectivity index (χ4v) is 2.42. The monoisotopic (exact) mass is 291 g/mol. The van der Waals surface area contributed by atoms with Crippen LogP contribution >= 0.6 is 0 Å². The van der Waals surface area contributed by atoms with Crippen LogP contribution in [-0.2, 0) is 4.74 Å². The van der Waals surface area contributed by atoms with Crippen molar-refractivity contribution in [3.05, 3.63) is 71.8 Å². The number of benzene rings is 2. The second-order valence-corrected chi connectivity index (χ2v) is 5.19. The lowest BCUT2D eigenvalue weighted by Crippen LogP contribution is -2.04. The Hall–Kier alpha value is -2.57. The zero-order chi connectivity index (χ0) is 15.2. The molecule has 0 saturated carbocycles. The van der Waals surface area contributed by atoms with Crippen LogP contribution in [0.1, 0.15) is 24.0 Å². The summed E-state index contributed by atoms with van der Waals surface area (Å²) in [7, 11) is 0. The van der Waals surface area contributed by atoms with E-state index < -0.39 is 0 Å². The van der Waals surface area contributed by atoms with Crippen LogP contribution in [0.4, 0.5) is 0 Å². The highest BCUT2D eigenvalue weighted by molar-refractivity contribution is 5.62. The third kappa shape index (κ3) is 3.55. The molecule has 1 saturated heterocycles. The lowest BCUT2D eigenvalue weighted by molar-refractivity contribution is 0.145. The third-order valence-corrected chi connectivity index (χ3v) is 3.57. The first-order valence-corrected chi connectivity index (χ1v) is 7.42.